The molecule has 26 valence electrons. The molecule has 0 aromatic carbocycles. The molecule has 0 saturated heterocycles. The standard InChI is InChI=1S/CH5ClNP/c1-4(2)3/h3-4H,1H3. The van der Waals surface area contributed by atoms with Gasteiger partial charge in [0.1, 0.15) is 0 Å². The minimum atomic E-state index is -1.16. The number of hydrogen-bond donors (Lipinski definition) is 1. The Hall–Kier alpha value is 0.520. The van der Waals surface area contributed by atoms with Gasteiger partial charge in [0.15, 0.2) is 0 Å². The maximum absolute atomic E-state index is 6.45. The number of rotatable bonds is 0. The molecule has 0 amide bonds. The van der Waals surface area contributed by atoms with Crippen LogP contribution >= 0.6 is 18.3 Å². The van der Waals surface area contributed by atoms with Crippen LogP contribution in [0.5, 0.6) is 0 Å². The van der Waals surface area contributed by atoms with E-state index in [1.807, 2.05) is 0 Å². The normalized spacial score (nSPS) is 15.5. The van der Waals surface area contributed by atoms with Gasteiger partial charge in [-0.3, -0.25) is 0 Å². The van der Waals surface area contributed by atoms with E-state index in [-0.39, 0.29) is 0 Å². The molecule has 4 heavy (non-hydrogen) atoms. The third kappa shape index (κ3) is 21.5. The summed E-state index contributed by atoms with van der Waals surface area (Å²) >= 11 is 5.04. The van der Waals surface area contributed by atoms with Crippen molar-refractivity contribution in [1.82, 2.24) is 0 Å². The Balaban J connectivity index is 2.80. The van der Waals surface area contributed by atoms with Crippen molar-refractivity contribution in [3.8, 4) is 0 Å². The zero-order valence-corrected chi connectivity index (χ0v) is 4.13. The van der Waals surface area contributed by atoms with Gasteiger partial charge in [0.05, 0.1) is 0 Å². The molecule has 0 aromatic rings. The lowest BCUT2D eigenvalue weighted by Gasteiger charge is -1.62. The summed E-state index contributed by atoms with van der Waals surface area (Å²) in [6.45, 7) is 1.70. The zero-order chi connectivity index (χ0) is 3.58. The van der Waals surface area contributed by atoms with Crippen molar-refractivity contribution in [2.45, 2.75) is 0 Å². The summed E-state index contributed by atoms with van der Waals surface area (Å²) in [6, 6.07) is 0. The molecule has 0 aromatic heterocycles. The third-order valence-electron chi connectivity index (χ3n) is 0. The van der Waals surface area contributed by atoms with E-state index in [1.54, 1.807) is 6.66 Å². The highest BCUT2D eigenvalue weighted by Crippen LogP contribution is 2.19. The molecule has 0 aliphatic rings. The Kier molecular flexibility index (Phi) is 2.04. The van der Waals surface area contributed by atoms with Gasteiger partial charge in [-0.2, -0.15) is 0 Å². The van der Waals surface area contributed by atoms with Crippen molar-refractivity contribution >= 4 is 18.3 Å². The maximum Gasteiger partial charge on any atom is 0.0369 e. The highest BCUT2D eigenvalue weighted by Gasteiger charge is 1.55. The van der Waals surface area contributed by atoms with Gasteiger partial charge < -0.3 is 5.16 Å². The van der Waals surface area contributed by atoms with Crippen LogP contribution in [0.4, 0.5) is 0 Å². The lowest BCUT2D eigenvalue weighted by molar-refractivity contribution is 1.64. The van der Waals surface area contributed by atoms with Gasteiger partial charge in [-0.25, -0.2) is 0 Å². The number of hydrogen-bond acceptors (Lipinski definition) is 1. The molecule has 1 unspecified atom stereocenters. The highest BCUT2D eigenvalue weighted by molar-refractivity contribution is 7.74. The first kappa shape index (κ1) is 4.52. The molecule has 1 nitrogen and oxygen atoms in total. The van der Waals surface area contributed by atoms with Crippen LogP contribution in [0.25, 0.3) is 0 Å². The summed E-state index contributed by atoms with van der Waals surface area (Å²) in [5, 5.41) is 6.45. The predicted molar refractivity (Wildman–Crippen MR) is 22.8 cm³/mol. The quantitative estimate of drug-likeness (QED) is 0.445. The second-order valence-electron chi connectivity index (χ2n) is 0.533. The Bertz CT molecular complexity index is 31.0. The van der Waals surface area contributed by atoms with Crippen molar-refractivity contribution in [2.24, 2.45) is 0 Å². The Labute approximate surface area is 31.0 Å². The Morgan fingerprint density at radius 1 is 2.00 bits per heavy atom. The third-order valence-corrected chi connectivity index (χ3v) is 0. The van der Waals surface area contributed by atoms with Crippen LogP contribution in [0.2, 0.25) is 0 Å². The summed E-state index contributed by atoms with van der Waals surface area (Å²) < 4.78 is 0. The second-order valence-corrected chi connectivity index (χ2v) is 3.30. The van der Waals surface area contributed by atoms with Crippen LogP contribution in [0.3, 0.4) is 0 Å². The van der Waals surface area contributed by atoms with E-state index in [0.717, 1.165) is 0 Å². The lowest BCUT2D eigenvalue weighted by atomic mass is 12.0. The van der Waals surface area contributed by atoms with Gasteiger partial charge in [0, 0.05) is 7.07 Å². The van der Waals surface area contributed by atoms with Crippen molar-refractivity contribution < 1.29 is 0 Å². The minimum absolute atomic E-state index is 1.16. The van der Waals surface area contributed by atoms with Crippen LogP contribution < -0.4 is 0 Å². The van der Waals surface area contributed by atoms with Gasteiger partial charge in [-0.05, 0) is 6.66 Å². The fourth-order valence-corrected chi connectivity index (χ4v) is 0. The molecule has 0 saturated carbocycles. The Morgan fingerprint density at radius 2 is 2.00 bits per heavy atom. The molecule has 0 bridgehead atoms. The topological polar surface area (TPSA) is 23.9 Å². The maximum atomic E-state index is 6.45. The summed E-state index contributed by atoms with van der Waals surface area (Å²) in [5.41, 5.74) is 0. The van der Waals surface area contributed by atoms with Gasteiger partial charge in [0.25, 0.3) is 0 Å². The monoisotopic (exact) mass is 97.0 g/mol. The van der Waals surface area contributed by atoms with Crippen LogP contribution in [-0.2, 0) is 0 Å². The second kappa shape index (κ2) is 1.80. The van der Waals surface area contributed by atoms with Crippen LogP contribution in [0.15, 0.2) is 0 Å². The predicted octanol–water partition coefficient (Wildman–Crippen LogP) is 1.75. The summed E-state index contributed by atoms with van der Waals surface area (Å²) in [6.07, 6.45) is 0. The van der Waals surface area contributed by atoms with Crippen molar-refractivity contribution in [2.75, 3.05) is 6.66 Å². The molecule has 0 aliphatic carbocycles. The van der Waals surface area contributed by atoms with Gasteiger partial charge >= 0.3 is 0 Å². The molecule has 0 radical (unpaired) electrons. The zero-order valence-electron chi connectivity index (χ0n) is 2.38. The van der Waals surface area contributed by atoms with E-state index in [2.05, 4.69) is 0 Å². The molecule has 0 aliphatic heterocycles. The molecule has 0 rings (SSSR count). The average molecular weight is 97.5 g/mol. The van der Waals surface area contributed by atoms with Gasteiger partial charge in [-0.15, -0.1) is 0 Å². The van der Waals surface area contributed by atoms with E-state index in [9.17, 15) is 0 Å². The lowest BCUT2D eigenvalue weighted by Crippen LogP contribution is -1.15. The molecule has 0 spiro atoms. The van der Waals surface area contributed by atoms with Crippen LogP contribution in [0, 0.1) is 5.16 Å². The molecule has 1 atom stereocenters. The summed E-state index contributed by atoms with van der Waals surface area (Å²) in [7, 11) is -1.16. The highest BCUT2D eigenvalue weighted by atomic mass is 35.7. The Morgan fingerprint density at radius 3 is 2.00 bits per heavy atom. The first-order chi connectivity index (χ1) is 1.73. The van der Waals surface area contributed by atoms with E-state index < -0.39 is 7.07 Å². The molecular formula is CH5ClNP. The summed E-state index contributed by atoms with van der Waals surface area (Å²) in [5.74, 6) is 0. The van der Waals surface area contributed by atoms with Crippen LogP contribution in [-0.4, -0.2) is 6.66 Å². The smallest absolute Gasteiger partial charge is 0.0369 e. The van der Waals surface area contributed by atoms with E-state index in [4.69, 9.17) is 16.4 Å². The first-order valence-corrected chi connectivity index (χ1v) is 3.95. The first-order valence-electron chi connectivity index (χ1n) is 0.939. The average Bonchev–Trinajstić information content (AvgIpc) is 0.811. The van der Waals surface area contributed by atoms with Gasteiger partial charge in [-0.1, -0.05) is 11.2 Å². The molecule has 3 heteroatoms. The molecule has 0 fully saturated rings. The SMILES string of the molecule is C[PH](=N)Cl. The largest absolute Gasteiger partial charge is 0.306 e. The number of halogens is 1. The molecule has 1 N–H and O–H groups in total. The van der Waals surface area contributed by atoms with E-state index in [0.29, 0.717) is 0 Å². The van der Waals surface area contributed by atoms with Crippen molar-refractivity contribution in [3.05, 3.63) is 0 Å². The number of nitrogens with one attached hydrogen (secondary N) is 1. The van der Waals surface area contributed by atoms with Crippen LogP contribution in [0.1, 0.15) is 0 Å². The fraction of sp³-hybridized carbons (Fsp3) is 1.00. The summed E-state index contributed by atoms with van der Waals surface area (Å²) in [4.78, 5) is 0. The van der Waals surface area contributed by atoms with Gasteiger partial charge in [0.2, 0.25) is 0 Å². The molecular weight excluding hydrogens is 92.4 g/mol. The fourth-order valence-electron chi connectivity index (χ4n) is 0. The van der Waals surface area contributed by atoms with Crippen molar-refractivity contribution in [3.63, 3.8) is 0 Å². The van der Waals surface area contributed by atoms with E-state index >= 15 is 0 Å². The minimum Gasteiger partial charge on any atom is -0.306 e. The van der Waals surface area contributed by atoms with E-state index in [1.165, 1.54) is 0 Å². The van der Waals surface area contributed by atoms with Crippen molar-refractivity contribution in [1.29, 1.82) is 5.16 Å². The molecule has 0 heterocycles.